The molecule has 0 bridgehead atoms. The van der Waals surface area contributed by atoms with E-state index in [1.165, 1.54) is 11.3 Å². The van der Waals surface area contributed by atoms with Crippen LogP contribution in [-0.4, -0.2) is 137 Å². The maximum atomic E-state index is 11.6. The number of aryl methyl sites for hydroxylation is 1. The minimum Gasteiger partial charge on any atom is -0.475 e. The summed E-state index contributed by atoms with van der Waals surface area (Å²) >= 11 is 0. The minimum atomic E-state index is -5.08. The first-order valence-electron chi connectivity index (χ1n) is 12.7. The van der Waals surface area contributed by atoms with Gasteiger partial charge >= 0.3 is 36.4 Å². The Bertz CT molecular complexity index is 1110. The Kier molecular flexibility index (Phi) is 15.9. The van der Waals surface area contributed by atoms with E-state index in [2.05, 4.69) is 34.8 Å². The average Bonchev–Trinajstić information content (AvgIpc) is 3.20. The molecule has 0 saturated carbocycles. The topological polar surface area (TPSA) is 161 Å². The lowest BCUT2D eigenvalue weighted by Crippen LogP contribution is -2.66. The molecule has 21 heteroatoms. The number of pyridine rings is 1. The van der Waals surface area contributed by atoms with Crippen LogP contribution in [0.3, 0.4) is 0 Å². The smallest absolute Gasteiger partial charge is 0.475 e. The maximum Gasteiger partial charge on any atom is 0.490 e. The normalized spacial score (nSPS) is 17.6. The number of nitrogens with zero attached hydrogens (tertiary/aromatic N) is 4. The minimum absolute atomic E-state index is 0.0293. The predicted octanol–water partition coefficient (Wildman–Crippen LogP) is 2.90. The summed E-state index contributed by atoms with van der Waals surface area (Å²) in [5.41, 5.74) is 2.72. The Hall–Kier alpha value is -3.72. The summed E-state index contributed by atoms with van der Waals surface area (Å²) in [6.45, 7) is 7.14. The molecule has 1 aromatic rings. The fourth-order valence-electron chi connectivity index (χ4n) is 4.06. The lowest BCUT2D eigenvalue weighted by molar-refractivity contribution is -0.193. The van der Waals surface area contributed by atoms with Crippen molar-refractivity contribution in [2.75, 3.05) is 54.0 Å². The second kappa shape index (κ2) is 17.3. The van der Waals surface area contributed by atoms with Crippen LogP contribution < -0.4 is 0 Å². The SMILES string of the molecule is Cc1cccnc1CN1CC2(CC(COCC(=O)N(C)C)CN2C)C1.O=C(O)C(F)(F)F.O=C(O)C(F)(F)F.O=C(O)C(F)(F)F. The fourth-order valence-corrected chi connectivity index (χ4v) is 4.06. The third-order valence-corrected chi connectivity index (χ3v) is 6.34. The summed E-state index contributed by atoms with van der Waals surface area (Å²) in [6, 6.07) is 4.12. The molecule has 1 aromatic heterocycles. The van der Waals surface area contributed by atoms with Gasteiger partial charge in [-0.15, -0.1) is 0 Å². The second-order valence-electron chi connectivity index (χ2n) is 10.3. The number of hydrogen-bond acceptors (Lipinski definition) is 8. The van der Waals surface area contributed by atoms with Crippen LogP contribution in [0.15, 0.2) is 18.3 Å². The number of likely N-dealkylation sites (tertiary alicyclic amines) is 2. The molecule has 3 heterocycles. The number of carboxylic acid groups (broad SMARTS) is 3. The highest BCUT2D eigenvalue weighted by atomic mass is 19.4. The summed E-state index contributed by atoms with van der Waals surface area (Å²) in [5, 5.41) is 21.4. The van der Waals surface area contributed by atoms with Crippen molar-refractivity contribution in [3.05, 3.63) is 29.6 Å². The van der Waals surface area contributed by atoms with Crippen molar-refractivity contribution in [3.63, 3.8) is 0 Å². The van der Waals surface area contributed by atoms with Crippen LogP contribution in [0.5, 0.6) is 0 Å². The third kappa shape index (κ3) is 15.0. The van der Waals surface area contributed by atoms with Crippen LogP contribution in [0.2, 0.25) is 0 Å². The second-order valence-corrected chi connectivity index (χ2v) is 10.3. The Balaban J connectivity index is 0.000000786. The maximum absolute atomic E-state index is 11.6. The van der Waals surface area contributed by atoms with E-state index in [4.69, 9.17) is 34.4 Å². The van der Waals surface area contributed by atoms with Crippen molar-refractivity contribution >= 4 is 23.8 Å². The van der Waals surface area contributed by atoms with Gasteiger partial charge in [-0.3, -0.25) is 19.6 Å². The van der Waals surface area contributed by atoms with E-state index in [1.54, 1.807) is 19.0 Å². The van der Waals surface area contributed by atoms with Crippen molar-refractivity contribution in [3.8, 4) is 0 Å². The van der Waals surface area contributed by atoms with Crippen LogP contribution in [0, 0.1) is 12.8 Å². The van der Waals surface area contributed by atoms with E-state index in [0.717, 1.165) is 32.6 Å². The van der Waals surface area contributed by atoms with Gasteiger partial charge in [-0.25, -0.2) is 14.4 Å². The molecule has 0 aliphatic carbocycles. The van der Waals surface area contributed by atoms with Crippen molar-refractivity contribution in [1.29, 1.82) is 0 Å². The molecular weight excluding hydrogens is 655 g/mol. The quantitative estimate of drug-likeness (QED) is 0.377. The zero-order valence-electron chi connectivity index (χ0n) is 24.8. The number of aromatic nitrogens is 1. The van der Waals surface area contributed by atoms with Crippen LogP contribution in [0.1, 0.15) is 17.7 Å². The molecule has 12 nitrogen and oxygen atoms in total. The summed E-state index contributed by atoms with van der Waals surface area (Å²) in [7, 11) is 5.74. The highest BCUT2D eigenvalue weighted by molar-refractivity contribution is 5.76. The molecule has 2 aliphatic heterocycles. The lowest BCUT2D eigenvalue weighted by Gasteiger charge is -2.52. The zero-order chi connectivity index (χ0) is 36.3. The Morgan fingerprint density at radius 1 is 0.935 bits per heavy atom. The van der Waals surface area contributed by atoms with Gasteiger partial charge < -0.3 is 25.0 Å². The largest absolute Gasteiger partial charge is 0.490 e. The highest BCUT2D eigenvalue weighted by Gasteiger charge is 2.51. The summed E-state index contributed by atoms with van der Waals surface area (Å²) in [5.74, 6) is -7.73. The van der Waals surface area contributed by atoms with Crippen LogP contribution in [0.4, 0.5) is 39.5 Å². The van der Waals surface area contributed by atoms with Crippen LogP contribution >= 0.6 is 0 Å². The van der Waals surface area contributed by atoms with Gasteiger partial charge in [0.25, 0.3) is 0 Å². The van der Waals surface area contributed by atoms with E-state index in [9.17, 15) is 44.3 Å². The number of halogens is 9. The Labute approximate surface area is 256 Å². The van der Waals surface area contributed by atoms with Gasteiger partial charge in [0.1, 0.15) is 6.61 Å². The molecule has 1 spiro atoms. The summed E-state index contributed by atoms with van der Waals surface area (Å²) in [4.78, 5) is 49.3. The van der Waals surface area contributed by atoms with Gasteiger partial charge in [0.15, 0.2) is 0 Å². The molecule has 2 fully saturated rings. The number of carbonyl (C=O) groups is 4. The molecule has 0 aromatic carbocycles. The Morgan fingerprint density at radius 3 is 1.74 bits per heavy atom. The van der Waals surface area contributed by atoms with Crippen molar-refractivity contribution in [2.45, 2.75) is 44.0 Å². The molecule has 2 saturated heterocycles. The Morgan fingerprint density at radius 2 is 1.37 bits per heavy atom. The van der Waals surface area contributed by atoms with E-state index in [0.29, 0.717) is 12.5 Å². The van der Waals surface area contributed by atoms with Crippen LogP contribution in [-0.2, 0) is 30.5 Å². The van der Waals surface area contributed by atoms with Gasteiger partial charge in [-0.05, 0) is 37.9 Å². The number of amides is 1. The van der Waals surface area contributed by atoms with Crippen molar-refractivity contribution in [1.82, 2.24) is 19.7 Å². The van der Waals surface area contributed by atoms with Crippen LogP contribution in [0.25, 0.3) is 0 Å². The zero-order valence-corrected chi connectivity index (χ0v) is 24.8. The van der Waals surface area contributed by atoms with E-state index >= 15 is 0 Å². The monoisotopic (exact) mass is 688 g/mol. The number of alkyl halides is 9. The van der Waals surface area contributed by atoms with Crippen molar-refractivity contribution in [2.24, 2.45) is 5.92 Å². The molecule has 264 valence electrons. The molecule has 3 rings (SSSR count). The van der Waals surface area contributed by atoms with Gasteiger partial charge in [-0.2, -0.15) is 39.5 Å². The average molecular weight is 689 g/mol. The van der Waals surface area contributed by atoms with Gasteiger partial charge in [0, 0.05) is 52.0 Å². The molecular formula is C25H33F9N4O8. The number of carboxylic acids is 3. The van der Waals surface area contributed by atoms with Gasteiger partial charge in [0.05, 0.1) is 12.3 Å². The third-order valence-electron chi connectivity index (χ3n) is 6.34. The predicted molar refractivity (Wildman–Crippen MR) is 138 cm³/mol. The molecule has 46 heavy (non-hydrogen) atoms. The number of likely N-dealkylation sites (N-methyl/N-ethyl adjacent to an activating group) is 2. The highest BCUT2D eigenvalue weighted by Crippen LogP contribution is 2.40. The van der Waals surface area contributed by atoms with E-state index in [1.807, 2.05) is 12.3 Å². The molecule has 3 N–H and O–H groups in total. The number of ether oxygens (including phenoxy) is 1. The standard InChI is InChI=1S/C19H30N4O2.3C2HF3O2/c1-15-6-5-7-20-17(15)10-23-13-19(14-23)8-16(9-22(19)4)11-25-12-18(24)21(2)3;3*3-2(4,5)1(6)7/h5-7,16H,8-14H2,1-4H3;3*(H,6,7). The molecule has 1 unspecified atom stereocenters. The lowest BCUT2D eigenvalue weighted by atomic mass is 9.84. The molecule has 1 amide bonds. The first-order chi connectivity index (χ1) is 20.7. The number of rotatable bonds is 6. The van der Waals surface area contributed by atoms with E-state index in [-0.39, 0.29) is 18.1 Å². The molecule has 1 atom stereocenters. The summed E-state index contributed by atoms with van der Waals surface area (Å²) in [6.07, 6.45) is -12.2. The number of hydrogen-bond donors (Lipinski definition) is 3. The molecule has 2 aliphatic rings. The van der Waals surface area contributed by atoms with E-state index < -0.39 is 36.4 Å². The molecule has 0 radical (unpaired) electrons. The van der Waals surface area contributed by atoms with Gasteiger partial charge in [-0.1, -0.05) is 6.07 Å². The number of carbonyl (C=O) groups excluding carboxylic acids is 1. The van der Waals surface area contributed by atoms with Gasteiger partial charge in [0.2, 0.25) is 5.91 Å². The summed E-state index contributed by atoms with van der Waals surface area (Å²) < 4.78 is 101. The first-order valence-corrected chi connectivity index (χ1v) is 12.7. The fraction of sp³-hybridized carbons (Fsp3) is 0.640. The van der Waals surface area contributed by atoms with Crippen molar-refractivity contribution < 1.29 is 78.7 Å². The number of aliphatic carboxylic acids is 3. The first kappa shape index (κ1) is 42.3.